The molecule has 3 atom stereocenters. The number of halogens is 1. The summed E-state index contributed by atoms with van der Waals surface area (Å²) in [5.41, 5.74) is 1.57. The average molecular weight is 448 g/mol. The van der Waals surface area contributed by atoms with Crippen LogP contribution >= 0.6 is 11.8 Å². The quantitative estimate of drug-likeness (QED) is 0.309. The van der Waals surface area contributed by atoms with Gasteiger partial charge in [0.2, 0.25) is 5.16 Å². The molecular weight excluding hydrogens is 413 g/mol. The Morgan fingerprint density at radius 3 is 2.90 bits per heavy atom. The van der Waals surface area contributed by atoms with Crippen LogP contribution in [0.4, 0.5) is 4.39 Å². The van der Waals surface area contributed by atoms with Crippen LogP contribution in [-0.4, -0.2) is 33.1 Å². The minimum Gasteiger partial charge on any atom is -0.465 e. The SMILES string of the molecule is CCCCC(CC)COC(=O)CCSc1nc2n(n1)[C@H](c1ccc(C)c(F)c1)C[C@@H]2C. The van der Waals surface area contributed by atoms with Crippen LogP contribution in [0, 0.1) is 18.7 Å². The lowest BCUT2D eigenvalue weighted by Gasteiger charge is -2.14. The first-order valence-corrected chi connectivity index (χ1v) is 12.4. The molecule has 0 spiro atoms. The summed E-state index contributed by atoms with van der Waals surface area (Å²) in [6.45, 7) is 8.73. The second-order valence-electron chi connectivity index (χ2n) is 8.56. The van der Waals surface area contributed by atoms with E-state index < -0.39 is 0 Å². The molecule has 3 rings (SSSR count). The Labute approximate surface area is 189 Å². The third kappa shape index (κ3) is 6.09. The molecule has 0 fully saturated rings. The number of aryl methyl sites for hydroxylation is 1. The number of unbranched alkanes of at least 4 members (excludes halogenated alkanes) is 1. The number of thioether (sulfide) groups is 1. The molecule has 0 N–H and O–H groups in total. The monoisotopic (exact) mass is 447 g/mol. The van der Waals surface area contributed by atoms with Gasteiger partial charge in [0, 0.05) is 11.7 Å². The van der Waals surface area contributed by atoms with Crippen molar-refractivity contribution < 1.29 is 13.9 Å². The highest BCUT2D eigenvalue weighted by Gasteiger charge is 2.33. The second kappa shape index (κ2) is 11.1. The molecular formula is C24H34FN3O2S. The van der Waals surface area contributed by atoms with Crippen LogP contribution in [0.1, 0.15) is 88.2 Å². The number of carbonyl (C=O) groups is 1. The van der Waals surface area contributed by atoms with Gasteiger partial charge in [0.25, 0.3) is 0 Å². The van der Waals surface area contributed by atoms with Crippen LogP contribution in [0.3, 0.4) is 0 Å². The van der Waals surface area contributed by atoms with E-state index in [4.69, 9.17) is 4.74 Å². The number of esters is 1. The minimum absolute atomic E-state index is 0.000938. The van der Waals surface area contributed by atoms with Crippen LogP contribution in [0.5, 0.6) is 0 Å². The van der Waals surface area contributed by atoms with E-state index in [1.54, 1.807) is 13.0 Å². The maximum Gasteiger partial charge on any atom is 0.306 e. The Balaban J connectivity index is 1.52. The van der Waals surface area contributed by atoms with Crippen molar-refractivity contribution in [1.82, 2.24) is 14.8 Å². The van der Waals surface area contributed by atoms with Gasteiger partial charge in [-0.15, -0.1) is 5.10 Å². The predicted octanol–water partition coefficient (Wildman–Crippen LogP) is 6.06. The van der Waals surface area contributed by atoms with Crippen LogP contribution < -0.4 is 0 Å². The van der Waals surface area contributed by atoms with Gasteiger partial charge in [-0.25, -0.2) is 14.1 Å². The number of benzene rings is 1. The molecule has 0 bridgehead atoms. The maximum absolute atomic E-state index is 14.1. The van der Waals surface area contributed by atoms with Crippen molar-refractivity contribution in [2.75, 3.05) is 12.4 Å². The van der Waals surface area contributed by atoms with Crippen LogP contribution in [0.25, 0.3) is 0 Å². The van der Waals surface area contributed by atoms with E-state index in [9.17, 15) is 9.18 Å². The zero-order valence-corrected chi connectivity index (χ0v) is 19.9. The van der Waals surface area contributed by atoms with Crippen molar-refractivity contribution in [3.63, 3.8) is 0 Å². The van der Waals surface area contributed by atoms with Gasteiger partial charge in [-0.05, 0) is 42.9 Å². The van der Waals surface area contributed by atoms with Crippen LogP contribution in [0.2, 0.25) is 0 Å². The number of ether oxygens (including phenoxy) is 1. The fourth-order valence-electron chi connectivity index (χ4n) is 3.98. The Morgan fingerprint density at radius 2 is 2.19 bits per heavy atom. The van der Waals surface area contributed by atoms with Gasteiger partial charge in [-0.2, -0.15) is 0 Å². The van der Waals surface area contributed by atoms with Crippen molar-refractivity contribution in [3.05, 3.63) is 41.0 Å². The first-order chi connectivity index (χ1) is 14.9. The number of hydrogen-bond acceptors (Lipinski definition) is 5. The van der Waals surface area contributed by atoms with Crippen molar-refractivity contribution in [2.45, 2.75) is 83.3 Å². The molecule has 0 saturated carbocycles. The molecule has 0 aliphatic carbocycles. The molecule has 1 aromatic heterocycles. The average Bonchev–Trinajstić information content (AvgIpc) is 3.30. The first-order valence-electron chi connectivity index (χ1n) is 11.4. The van der Waals surface area contributed by atoms with E-state index in [0.717, 1.165) is 30.7 Å². The largest absolute Gasteiger partial charge is 0.465 e. The fraction of sp³-hybridized carbons (Fsp3) is 0.625. The van der Waals surface area contributed by atoms with E-state index in [2.05, 4.69) is 30.9 Å². The Kier molecular flexibility index (Phi) is 8.52. The number of fused-ring (bicyclic) bond motifs is 1. The molecule has 1 aliphatic rings. The van der Waals surface area contributed by atoms with Crippen LogP contribution in [-0.2, 0) is 9.53 Å². The zero-order chi connectivity index (χ0) is 22.4. The summed E-state index contributed by atoms with van der Waals surface area (Å²) >= 11 is 1.47. The summed E-state index contributed by atoms with van der Waals surface area (Å²) in [6.07, 6.45) is 5.71. The summed E-state index contributed by atoms with van der Waals surface area (Å²) < 4.78 is 21.5. The lowest BCUT2D eigenvalue weighted by atomic mass is 9.99. The Bertz CT molecular complexity index is 886. The van der Waals surface area contributed by atoms with Crippen molar-refractivity contribution in [3.8, 4) is 0 Å². The first kappa shape index (κ1) is 23.8. The van der Waals surface area contributed by atoms with Gasteiger partial charge in [0.15, 0.2) is 0 Å². The minimum atomic E-state index is -0.188. The van der Waals surface area contributed by atoms with Gasteiger partial charge in [-0.3, -0.25) is 4.79 Å². The summed E-state index contributed by atoms with van der Waals surface area (Å²) in [6, 6.07) is 5.40. The van der Waals surface area contributed by atoms with Gasteiger partial charge in [0.1, 0.15) is 11.6 Å². The predicted molar refractivity (Wildman–Crippen MR) is 122 cm³/mol. The number of carbonyl (C=O) groups excluding carboxylic acids is 1. The van der Waals surface area contributed by atoms with Crippen molar-refractivity contribution in [1.29, 1.82) is 0 Å². The molecule has 0 radical (unpaired) electrons. The van der Waals surface area contributed by atoms with E-state index in [-0.39, 0.29) is 23.7 Å². The molecule has 1 unspecified atom stereocenters. The molecule has 31 heavy (non-hydrogen) atoms. The Morgan fingerprint density at radius 1 is 1.39 bits per heavy atom. The van der Waals surface area contributed by atoms with Crippen molar-refractivity contribution >= 4 is 17.7 Å². The van der Waals surface area contributed by atoms with E-state index in [1.807, 2.05) is 16.8 Å². The molecule has 0 amide bonds. The number of rotatable bonds is 11. The highest BCUT2D eigenvalue weighted by Crippen LogP contribution is 2.39. The molecule has 0 saturated heterocycles. The summed E-state index contributed by atoms with van der Waals surface area (Å²) in [4.78, 5) is 16.8. The third-order valence-electron chi connectivity index (χ3n) is 6.09. The number of nitrogens with zero attached hydrogens (tertiary/aromatic N) is 3. The smallest absolute Gasteiger partial charge is 0.306 e. The normalized spacial score (nSPS) is 18.7. The van der Waals surface area contributed by atoms with Gasteiger partial charge in [-0.1, -0.05) is 63.9 Å². The molecule has 1 aliphatic heterocycles. The second-order valence-corrected chi connectivity index (χ2v) is 9.62. The topological polar surface area (TPSA) is 57.0 Å². The fourth-order valence-corrected chi connectivity index (χ4v) is 4.74. The van der Waals surface area contributed by atoms with Gasteiger partial charge in [0.05, 0.1) is 19.1 Å². The zero-order valence-electron chi connectivity index (χ0n) is 19.1. The highest BCUT2D eigenvalue weighted by molar-refractivity contribution is 7.99. The van der Waals surface area contributed by atoms with Gasteiger partial charge >= 0.3 is 5.97 Å². The summed E-state index contributed by atoms with van der Waals surface area (Å²) in [5, 5.41) is 5.33. The van der Waals surface area contributed by atoms with Crippen molar-refractivity contribution in [2.24, 2.45) is 5.92 Å². The van der Waals surface area contributed by atoms with E-state index in [1.165, 1.54) is 24.6 Å². The lowest BCUT2D eigenvalue weighted by Crippen LogP contribution is -2.14. The standard InChI is InChI=1S/C24H34FN3O2S/c1-5-7-8-18(6-2)15-30-22(29)11-12-31-24-26-23-17(4)13-21(28(23)27-24)19-10-9-16(3)20(25)14-19/h9-10,14,17-18,21H,5-8,11-13,15H2,1-4H3/t17-,18?,21-/m0/s1. The number of hydrogen-bond donors (Lipinski definition) is 0. The lowest BCUT2D eigenvalue weighted by molar-refractivity contribution is -0.144. The van der Waals surface area contributed by atoms with Gasteiger partial charge < -0.3 is 4.74 Å². The molecule has 2 heterocycles. The van der Waals surface area contributed by atoms with E-state index >= 15 is 0 Å². The summed E-state index contributed by atoms with van der Waals surface area (Å²) in [5.74, 6) is 1.89. The molecule has 7 heteroatoms. The highest BCUT2D eigenvalue weighted by atomic mass is 32.2. The molecule has 1 aromatic carbocycles. The maximum atomic E-state index is 14.1. The third-order valence-corrected chi connectivity index (χ3v) is 6.93. The van der Waals surface area contributed by atoms with Crippen LogP contribution in [0.15, 0.2) is 23.4 Å². The molecule has 2 aromatic rings. The summed E-state index contributed by atoms with van der Waals surface area (Å²) in [7, 11) is 0. The van der Waals surface area contributed by atoms with E-state index in [0.29, 0.717) is 35.4 Å². The Hall–Kier alpha value is -1.89. The number of aromatic nitrogens is 3. The molecule has 5 nitrogen and oxygen atoms in total. The molecule has 170 valence electrons.